The second kappa shape index (κ2) is 10.1. The Hall–Kier alpha value is -2.23. The van der Waals surface area contributed by atoms with Gasteiger partial charge in [0.15, 0.2) is 0 Å². The minimum Gasteiger partial charge on any atom is -0.465 e. The minimum atomic E-state index is -4.02. The fourth-order valence-corrected chi connectivity index (χ4v) is 5.31. The number of thioether (sulfide) groups is 1. The van der Waals surface area contributed by atoms with Crippen LogP contribution in [0, 0.1) is 5.92 Å². The molecule has 0 saturated carbocycles. The number of rotatable bonds is 6. The van der Waals surface area contributed by atoms with Crippen LogP contribution in [-0.2, 0) is 14.8 Å². The molecule has 1 N–H and O–H groups in total. The summed E-state index contributed by atoms with van der Waals surface area (Å²) < 4.78 is 33.2. The number of ether oxygens (including phenoxy) is 1. The Kier molecular flexibility index (Phi) is 7.74. The molecule has 1 fully saturated rings. The van der Waals surface area contributed by atoms with E-state index in [9.17, 15) is 18.0 Å². The molecular weight excluding hydrogens is 472 g/mol. The first-order valence-corrected chi connectivity index (χ1v) is 13.1. The van der Waals surface area contributed by atoms with Gasteiger partial charge in [0.25, 0.3) is 15.9 Å². The van der Waals surface area contributed by atoms with Gasteiger partial charge in [0, 0.05) is 23.7 Å². The number of carbonyl (C=O) groups excluding carboxylic acids is 2. The average molecular weight is 497 g/mol. The van der Waals surface area contributed by atoms with Gasteiger partial charge in [0.1, 0.15) is 0 Å². The Morgan fingerprint density at radius 1 is 1.12 bits per heavy atom. The molecule has 1 amide bonds. The number of benzene rings is 2. The highest BCUT2D eigenvalue weighted by atomic mass is 35.5. The molecule has 1 aliphatic rings. The van der Waals surface area contributed by atoms with E-state index in [1.807, 2.05) is 6.26 Å². The lowest BCUT2D eigenvalue weighted by atomic mass is 9.98. The number of hydrogen-bond donors (Lipinski definition) is 1. The number of anilines is 1. The summed E-state index contributed by atoms with van der Waals surface area (Å²) in [6.45, 7) is 3.48. The van der Waals surface area contributed by atoms with Crippen molar-refractivity contribution in [2.45, 2.75) is 29.6 Å². The highest BCUT2D eigenvalue weighted by Gasteiger charge is 2.25. The van der Waals surface area contributed by atoms with E-state index in [-0.39, 0.29) is 27.1 Å². The molecular formula is C22H25ClN2O5S2. The maximum absolute atomic E-state index is 13.1. The summed E-state index contributed by atoms with van der Waals surface area (Å²) in [6, 6.07) is 8.67. The van der Waals surface area contributed by atoms with Crippen LogP contribution in [0.4, 0.5) is 5.69 Å². The third-order valence-electron chi connectivity index (χ3n) is 5.41. The van der Waals surface area contributed by atoms with Gasteiger partial charge < -0.3 is 9.64 Å². The molecule has 1 saturated heterocycles. The van der Waals surface area contributed by atoms with Crippen LogP contribution in [0.15, 0.2) is 46.2 Å². The van der Waals surface area contributed by atoms with Gasteiger partial charge in [-0.2, -0.15) is 0 Å². The molecule has 172 valence electrons. The lowest BCUT2D eigenvalue weighted by Gasteiger charge is -2.30. The van der Waals surface area contributed by atoms with Crippen LogP contribution in [-0.4, -0.2) is 51.6 Å². The van der Waals surface area contributed by atoms with E-state index in [1.54, 1.807) is 11.0 Å². The molecule has 10 heteroatoms. The molecule has 0 aromatic heterocycles. The molecule has 1 heterocycles. The van der Waals surface area contributed by atoms with Gasteiger partial charge in [-0.1, -0.05) is 18.5 Å². The average Bonchev–Trinajstić information content (AvgIpc) is 2.79. The largest absolute Gasteiger partial charge is 0.465 e. The number of hydrogen-bond acceptors (Lipinski definition) is 6. The quantitative estimate of drug-likeness (QED) is 0.467. The molecule has 7 nitrogen and oxygen atoms in total. The fourth-order valence-electron chi connectivity index (χ4n) is 3.47. The lowest BCUT2D eigenvalue weighted by molar-refractivity contribution is 0.0600. The summed E-state index contributed by atoms with van der Waals surface area (Å²) in [7, 11) is -2.81. The second-order valence-electron chi connectivity index (χ2n) is 7.63. The molecule has 2 aromatic rings. The summed E-state index contributed by atoms with van der Waals surface area (Å²) in [5.74, 6) is -0.272. The zero-order valence-electron chi connectivity index (χ0n) is 18.1. The van der Waals surface area contributed by atoms with Crippen LogP contribution in [0.5, 0.6) is 0 Å². The van der Waals surface area contributed by atoms with Gasteiger partial charge in [-0.25, -0.2) is 13.2 Å². The summed E-state index contributed by atoms with van der Waals surface area (Å²) in [5.41, 5.74) is 0.560. The third-order valence-corrected chi connectivity index (χ3v) is 7.91. The van der Waals surface area contributed by atoms with E-state index < -0.39 is 16.0 Å². The topological polar surface area (TPSA) is 92.8 Å². The van der Waals surface area contributed by atoms with Gasteiger partial charge in [-0.15, -0.1) is 11.8 Å². The van der Waals surface area contributed by atoms with Crippen molar-refractivity contribution in [3.63, 3.8) is 0 Å². The first-order valence-electron chi connectivity index (χ1n) is 10.0. The van der Waals surface area contributed by atoms with E-state index in [4.69, 9.17) is 11.6 Å². The van der Waals surface area contributed by atoms with Gasteiger partial charge in [-0.3, -0.25) is 9.52 Å². The van der Waals surface area contributed by atoms with Crippen molar-refractivity contribution in [3.05, 3.63) is 52.5 Å². The van der Waals surface area contributed by atoms with Crippen LogP contribution >= 0.6 is 23.4 Å². The predicted molar refractivity (Wildman–Crippen MR) is 126 cm³/mol. The van der Waals surface area contributed by atoms with Crippen molar-refractivity contribution < 1.29 is 22.7 Å². The number of esters is 1. The highest BCUT2D eigenvalue weighted by Crippen LogP contribution is 2.29. The van der Waals surface area contributed by atoms with Crippen LogP contribution in [0.3, 0.4) is 0 Å². The van der Waals surface area contributed by atoms with Crippen LogP contribution in [0.1, 0.15) is 40.5 Å². The van der Waals surface area contributed by atoms with Gasteiger partial charge >= 0.3 is 5.97 Å². The first kappa shape index (κ1) is 24.4. The lowest BCUT2D eigenvalue weighted by Crippen LogP contribution is -2.38. The molecule has 1 aliphatic heterocycles. The van der Waals surface area contributed by atoms with Gasteiger partial charge in [0.05, 0.1) is 28.2 Å². The number of piperidine rings is 1. The maximum Gasteiger partial charge on any atom is 0.339 e. The number of likely N-dealkylation sites (tertiary alicyclic amines) is 1. The number of methoxy groups -OCH3 is 1. The van der Waals surface area contributed by atoms with Crippen molar-refractivity contribution in [1.29, 1.82) is 0 Å². The van der Waals surface area contributed by atoms with Crippen molar-refractivity contribution in [2.24, 2.45) is 5.92 Å². The first-order chi connectivity index (χ1) is 15.2. The summed E-state index contributed by atoms with van der Waals surface area (Å²) in [6.07, 6.45) is 3.71. The van der Waals surface area contributed by atoms with E-state index in [1.165, 1.54) is 49.2 Å². The van der Waals surface area contributed by atoms with Crippen molar-refractivity contribution in [3.8, 4) is 0 Å². The molecule has 0 radical (unpaired) electrons. The molecule has 0 atom stereocenters. The van der Waals surface area contributed by atoms with E-state index in [0.29, 0.717) is 29.5 Å². The van der Waals surface area contributed by atoms with Crippen LogP contribution in [0.2, 0.25) is 5.02 Å². The van der Waals surface area contributed by atoms with Gasteiger partial charge in [0.2, 0.25) is 0 Å². The maximum atomic E-state index is 13.1. The van der Waals surface area contributed by atoms with E-state index >= 15 is 0 Å². The Bertz CT molecular complexity index is 1130. The Labute approximate surface area is 197 Å². The zero-order valence-corrected chi connectivity index (χ0v) is 20.4. The molecule has 3 rings (SSSR count). The SMILES string of the molecule is COC(=O)c1cc(NS(=O)(=O)c2ccc(SC)c(C(=O)N3CCC(C)CC3)c2)ccc1Cl. The molecule has 0 spiro atoms. The summed E-state index contributed by atoms with van der Waals surface area (Å²) in [5, 5.41) is 0.146. The number of amides is 1. The molecule has 0 unspecified atom stereocenters. The Morgan fingerprint density at radius 2 is 1.81 bits per heavy atom. The molecule has 2 aromatic carbocycles. The van der Waals surface area contributed by atoms with E-state index in [0.717, 1.165) is 12.8 Å². The van der Waals surface area contributed by atoms with Crippen LogP contribution in [0.25, 0.3) is 0 Å². The summed E-state index contributed by atoms with van der Waals surface area (Å²) >= 11 is 7.40. The molecule has 32 heavy (non-hydrogen) atoms. The van der Waals surface area contributed by atoms with Crippen molar-refractivity contribution >= 4 is 50.9 Å². The Morgan fingerprint density at radius 3 is 2.44 bits per heavy atom. The zero-order chi connectivity index (χ0) is 23.5. The highest BCUT2D eigenvalue weighted by molar-refractivity contribution is 7.98. The smallest absolute Gasteiger partial charge is 0.339 e. The van der Waals surface area contributed by atoms with Crippen molar-refractivity contribution in [1.82, 2.24) is 4.90 Å². The second-order valence-corrected chi connectivity index (χ2v) is 10.6. The van der Waals surface area contributed by atoms with Crippen LogP contribution < -0.4 is 4.72 Å². The minimum absolute atomic E-state index is 0.0430. The normalized spacial score (nSPS) is 14.8. The summed E-state index contributed by atoms with van der Waals surface area (Å²) in [4.78, 5) is 27.4. The number of carbonyl (C=O) groups is 2. The number of nitrogens with zero attached hydrogens (tertiary/aromatic N) is 1. The number of nitrogens with one attached hydrogen (secondary N) is 1. The number of sulfonamides is 1. The Balaban J connectivity index is 1.91. The monoisotopic (exact) mass is 496 g/mol. The fraction of sp³-hybridized carbons (Fsp3) is 0.364. The predicted octanol–water partition coefficient (Wildman–Crippen LogP) is 4.52. The van der Waals surface area contributed by atoms with Crippen molar-refractivity contribution in [2.75, 3.05) is 31.2 Å². The molecule has 0 bridgehead atoms. The molecule has 0 aliphatic carbocycles. The van der Waals surface area contributed by atoms with E-state index in [2.05, 4.69) is 16.4 Å². The number of halogens is 1. The van der Waals surface area contributed by atoms with Gasteiger partial charge in [-0.05, 0) is 61.4 Å². The third kappa shape index (κ3) is 5.39. The standard InChI is InChI=1S/C22H25ClN2O5S2/c1-14-8-10-25(11-9-14)21(26)18-13-16(5-7-20(18)31-3)32(28,29)24-15-4-6-19(23)17(12-15)22(27)30-2/h4-7,12-14,24H,8-11H2,1-3H3.